The van der Waals surface area contributed by atoms with Crippen molar-refractivity contribution in [3.05, 3.63) is 106 Å². The van der Waals surface area contributed by atoms with Crippen LogP contribution in [0.15, 0.2) is 78.4 Å². The fraction of sp³-hybridized carbons (Fsp3) is 0.436. The minimum atomic E-state index is -0.180. The number of rotatable bonds is 10. The maximum absolute atomic E-state index is 14.0. The number of benzene rings is 3. The van der Waals surface area contributed by atoms with Crippen LogP contribution in [-0.2, 0) is 27.8 Å². The zero-order chi connectivity index (χ0) is 32.1. The standard InChI is InChI=1S/C39H49N3O3/c1-27-23-32(39(3,4)5)18-19-36(27)45-22-10-13-30-14-16-31(17-15-30)34-24-33-25-42(28(2)43)26-35(40-33)37(34)38(44)41(6)21-20-29-11-8-7-9-12-29/h7-9,11-12,14-19,23,33,35,40H,10,13,20-22,24-26H2,1-6H3/t33-,35-/m1/s1. The minimum absolute atomic E-state index is 0.0364. The lowest BCUT2D eigenvalue weighted by Gasteiger charge is -2.44. The van der Waals surface area contributed by atoms with Gasteiger partial charge in [-0.2, -0.15) is 0 Å². The Hall–Kier alpha value is -3.90. The van der Waals surface area contributed by atoms with Gasteiger partial charge in [-0.3, -0.25) is 9.59 Å². The number of piperazine rings is 1. The van der Waals surface area contributed by atoms with Gasteiger partial charge in [-0.15, -0.1) is 0 Å². The van der Waals surface area contributed by atoms with Crippen LogP contribution in [0.3, 0.4) is 0 Å². The summed E-state index contributed by atoms with van der Waals surface area (Å²) in [6, 6.07) is 25.4. The first-order chi connectivity index (χ1) is 21.5. The Bertz CT molecular complexity index is 1520. The molecule has 0 saturated carbocycles. The number of carbonyl (C=O) groups excluding carboxylic acids is 2. The fourth-order valence-corrected chi connectivity index (χ4v) is 6.48. The quantitative estimate of drug-likeness (QED) is 0.273. The van der Waals surface area contributed by atoms with Crippen molar-refractivity contribution in [1.82, 2.24) is 15.1 Å². The molecule has 6 heteroatoms. The number of carbonyl (C=O) groups is 2. The van der Waals surface area contributed by atoms with Crippen molar-refractivity contribution in [2.75, 3.05) is 33.3 Å². The lowest BCUT2D eigenvalue weighted by molar-refractivity contribution is -0.132. The molecule has 2 aliphatic heterocycles. The molecule has 2 heterocycles. The number of likely N-dealkylation sites (N-methyl/N-ethyl adjacent to an activating group) is 1. The SMILES string of the molecule is CC(=O)N1C[C@H]2CC(c3ccc(CCCOc4ccc(C(C)(C)C)cc4C)cc3)=C(C(=O)N(C)CCc3ccccc3)[C@@H](C1)N2. The number of ether oxygens (including phenoxy) is 1. The largest absolute Gasteiger partial charge is 0.493 e. The van der Waals surface area contributed by atoms with Crippen LogP contribution in [0.1, 0.15) is 68.4 Å². The number of fused-ring (bicyclic) bond motifs is 2. The summed E-state index contributed by atoms with van der Waals surface area (Å²) in [5.74, 6) is 1.05. The Morgan fingerprint density at radius 2 is 1.67 bits per heavy atom. The number of aryl methyl sites for hydroxylation is 2. The molecule has 5 rings (SSSR count). The summed E-state index contributed by atoms with van der Waals surface area (Å²) in [4.78, 5) is 30.1. The van der Waals surface area contributed by atoms with Crippen LogP contribution in [0.4, 0.5) is 0 Å². The Labute approximate surface area is 269 Å². The summed E-state index contributed by atoms with van der Waals surface area (Å²) in [7, 11) is 1.89. The molecule has 3 aromatic carbocycles. The van der Waals surface area contributed by atoms with Gasteiger partial charge in [0.1, 0.15) is 5.75 Å². The molecule has 0 aromatic heterocycles. The third-order valence-corrected chi connectivity index (χ3v) is 9.22. The monoisotopic (exact) mass is 607 g/mol. The highest BCUT2D eigenvalue weighted by Gasteiger charge is 2.39. The summed E-state index contributed by atoms with van der Waals surface area (Å²) < 4.78 is 6.14. The molecule has 0 unspecified atom stereocenters. The van der Waals surface area contributed by atoms with Gasteiger partial charge in [-0.1, -0.05) is 87.5 Å². The Kier molecular flexibility index (Phi) is 10.1. The number of hydrogen-bond donors (Lipinski definition) is 1. The van der Waals surface area contributed by atoms with Crippen LogP contribution in [-0.4, -0.2) is 67.0 Å². The lowest BCUT2D eigenvalue weighted by Crippen LogP contribution is -2.61. The van der Waals surface area contributed by atoms with E-state index in [2.05, 4.69) is 87.6 Å². The number of hydrogen-bond acceptors (Lipinski definition) is 4. The summed E-state index contributed by atoms with van der Waals surface area (Å²) in [6.07, 6.45) is 3.36. The van der Waals surface area contributed by atoms with Crippen molar-refractivity contribution in [3.8, 4) is 5.75 Å². The third kappa shape index (κ3) is 8.04. The predicted octanol–water partition coefficient (Wildman–Crippen LogP) is 6.35. The van der Waals surface area contributed by atoms with Crippen LogP contribution in [0.25, 0.3) is 5.57 Å². The molecule has 0 radical (unpaired) electrons. The Morgan fingerprint density at radius 1 is 0.956 bits per heavy atom. The lowest BCUT2D eigenvalue weighted by atomic mass is 9.82. The topological polar surface area (TPSA) is 61.9 Å². The molecule has 2 bridgehead atoms. The molecular formula is C39H49N3O3. The number of nitrogens with zero attached hydrogens (tertiary/aromatic N) is 2. The first kappa shape index (κ1) is 32.5. The van der Waals surface area contributed by atoms with Gasteiger partial charge in [-0.25, -0.2) is 0 Å². The Morgan fingerprint density at radius 3 is 2.33 bits per heavy atom. The van der Waals surface area contributed by atoms with Gasteiger partial charge in [0, 0.05) is 45.2 Å². The molecular weight excluding hydrogens is 558 g/mol. The summed E-state index contributed by atoms with van der Waals surface area (Å²) in [5.41, 5.74) is 8.08. The van der Waals surface area contributed by atoms with Crippen molar-refractivity contribution in [1.29, 1.82) is 0 Å². The highest BCUT2D eigenvalue weighted by Crippen LogP contribution is 2.34. The van der Waals surface area contributed by atoms with E-state index < -0.39 is 0 Å². The van der Waals surface area contributed by atoms with Gasteiger partial charge in [0.2, 0.25) is 5.91 Å². The molecule has 3 aromatic rings. The maximum atomic E-state index is 14.0. The summed E-state index contributed by atoms with van der Waals surface area (Å²) in [5, 5.41) is 3.66. The van der Waals surface area contributed by atoms with Gasteiger partial charge < -0.3 is 19.9 Å². The van der Waals surface area contributed by atoms with Crippen LogP contribution in [0, 0.1) is 6.92 Å². The zero-order valence-electron chi connectivity index (χ0n) is 27.9. The minimum Gasteiger partial charge on any atom is -0.493 e. The average Bonchev–Trinajstić information content (AvgIpc) is 3.02. The van der Waals surface area contributed by atoms with E-state index in [1.165, 1.54) is 22.3 Å². The predicted molar refractivity (Wildman–Crippen MR) is 182 cm³/mol. The van der Waals surface area contributed by atoms with Gasteiger partial charge in [0.05, 0.1) is 12.6 Å². The molecule has 1 fully saturated rings. The molecule has 6 nitrogen and oxygen atoms in total. The molecule has 0 spiro atoms. The second-order valence-corrected chi connectivity index (χ2v) is 13.8. The van der Waals surface area contributed by atoms with E-state index in [0.717, 1.165) is 41.7 Å². The molecule has 2 amide bonds. The van der Waals surface area contributed by atoms with Gasteiger partial charge >= 0.3 is 0 Å². The van der Waals surface area contributed by atoms with E-state index in [9.17, 15) is 9.59 Å². The summed E-state index contributed by atoms with van der Waals surface area (Å²) >= 11 is 0. The number of nitrogens with one attached hydrogen (secondary N) is 1. The van der Waals surface area contributed by atoms with Crippen molar-refractivity contribution in [3.63, 3.8) is 0 Å². The van der Waals surface area contributed by atoms with Gasteiger partial charge in [-0.05, 0) is 77.5 Å². The van der Waals surface area contributed by atoms with Crippen molar-refractivity contribution in [2.24, 2.45) is 0 Å². The molecule has 45 heavy (non-hydrogen) atoms. The van der Waals surface area contributed by atoms with Crippen molar-refractivity contribution < 1.29 is 14.3 Å². The van der Waals surface area contributed by atoms with Crippen molar-refractivity contribution in [2.45, 2.75) is 77.8 Å². The zero-order valence-corrected chi connectivity index (χ0v) is 27.9. The van der Waals surface area contributed by atoms with Gasteiger partial charge in [0.15, 0.2) is 0 Å². The number of amides is 2. The van der Waals surface area contributed by atoms with Crippen LogP contribution in [0.5, 0.6) is 5.75 Å². The van der Waals surface area contributed by atoms with E-state index in [-0.39, 0.29) is 29.3 Å². The van der Waals surface area contributed by atoms with E-state index >= 15 is 0 Å². The summed E-state index contributed by atoms with van der Waals surface area (Å²) in [6.45, 7) is 12.9. The molecule has 1 saturated heterocycles. The maximum Gasteiger partial charge on any atom is 0.251 e. The van der Waals surface area contributed by atoms with Gasteiger partial charge in [0.25, 0.3) is 5.91 Å². The van der Waals surface area contributed by atoms with E-state index in [4.69, 9.17) is 4.74 Å². The van der Waals surface area contributed by atoms with Crippen LogP contribution in [0.2, 0.25) is 0 Å². The van der Waals surface area contributed by atoms with Crippen molar-refractivity contribution >= 4 is 17.4 Å². The highest BCUT2D eigenvalue weighted by atomic mass is 16.5. The highest BCUT2D eigenvalue weighted by molar-refractivity contribution is 6.03. The molecule has 0 aliphatic carbocycles. The average molecular weight is 608 g/mol. The normalized spacial score (nSPS) is 18.1. The van der Waals surface area contributed by atoms with E-state index in [1.54, 1.807) is 6.92 Å². The van der Waals surface area contributed by atoms with E-state index in [1.807, 2.05) is 35.0 Å². The first-order valence-electron chi connectivity index (χ1n) is 16.4. The fourth-order valence-electron chi connectivity index (χ4n) is 6.48. The third-order valence-electron chi connectivity index (χ3n) is 9.22. The van der Waals surface area contributed by atoms with Crippen LogP contribution >= 0.6 is 0 Å². The molecule has 238 valence electrons. The van der Waals surface area contributed by atoms with E-state index in [0.29, 0.717) is 32.7 Å². The Balaban J connectivity index is 1.27. The second-order valence-electron chi connectivity index (χ2n) is 13.8. The molecule has 2 atom stereocenters. The second kappa shape index (κ2) is 14.0. The molecule has 1 N–H and O–H groups in total. The molecule has 2 aliphatic rings. The first-order valence-corrected chi connectivity index (χ1v) is 16.4. The smallest absolute Gasteiger partial charge is 0.251 e. The van der Waals surface area contributed by atoms with Crippen LogP contribution < -0.4 is 10.1 Å².